The first-order valence-corrected chi connectivity index (χ1v) is 7.66. The van der Waals surface area contributed by atoms with Crippen molar-refractivity contribution >= 4 is 11.0 Å². The molecule has 1 fully saturated rings. The molecule has 0 spiro atoms. The number of phenols is 2. The number of fused-ring (bicyclic) bond motifs is 1. The van der Waals surface area contributed by atoms with E-state index in [9.17, 15) is 14.6 Å². The van der Waals surface area contributed by atoms with E-state index >= 15 is 0 Å². The van der Waals surface area contributed by atoms with Gasteiger partial charge in [-0.2, -0.15) is 0 Å². The van der Waals surface area contributed by atoms with Crippen molar-refractivity contribution in [2.45, 2.75) is 12.5 Å². The molecule has 130 valence electrons. The molecule has 0 saturated carbocycles. The molecule has 3 heterocycles. The predicted octanol–water partition coefficient (Wildman–Crippen LogP) is 2.40. The molecule has 25 heavy (non-hydrogen) atoms. The number of pyridine rings is 1. The highest BCUT2D eigenvalue weighted by atomic mass is 19.1. The molecule has 1 aliphatic rings. The average molecular weight is 345 g/mol. The first-order valence-electron chi connectivity index (χ1n) is 7.66. The highest BCUT2D eigenvalue weighted by Gasteiger charge is 2.39. The van der Waals surface area contributed by atoms with E-state index in [0.717, 1.165) is 5.52 Å². The Morgan fingerprint density at radius 3 is 2.72 bits per heavy atom. The summed E-state index contributed by atoms with van der Waals surface area (Å²) in [5, 5.41) is 19.7. The van der Waals surface area contributed by atoms with Crippen LogP contribution in [0.15, 0.2) is 24.5 Å². The zero-order valence-corrected chi connectivity index (χ0v) is 13.7. The number of phenolic OH excluding ortho intramolecular Hbond substituents is 2. The maximum absolute atomic E-state index is 14.7. The number of aromatic nitrogens is 3. The Morgan fingerprint density at radius 2 is 2.08 bits per heavy atom. The zero-order chi connectivity index (χ0) is 17.8. The summed E-state index contributed by atoms with van der Waals surface area (Å²) in [4.78, 5) is 8.65. The minimum Gasteiger partial charge on any atom is -0.502 e. The Labute approximate surface area is 142 Å². The quantitative estimate of drug-likeness (QED) is 0.709. The van der Waals surface area contributed by atoms with E-state index in [-0.39, 0.29) is 11.3 Å². The fourth-order valence-corrected chi connectivity index (χ4v) is 3.11. The Kier molecular flexibility index (Phi) is 3.33. The van der Waals surface area contributed by atoms with Gasteiger partial charge in [0.2, 0.25) is 5.75 Å². The van der Waals surface area contributed by atoms with E-state index in [1.54, 1.807) is 18.5 Å². The van der Waals surface area contributed by atoms with Crippen LogP contribution in [-0.4, -0.2) is 45.1 Å². The van der Waals surface area contributed by atoms with Gasteiger partial charge in [-0.05, 0) is 19.1 Å². The van der Waals surface area contributed by atoms with Crippen molar-refractivity contribution in [1.82, 2.24) is 14.5 Å². The fraction of sp³-hybridized carbons (Fsp3) is 0.294. The van der Waals surface area contributed by atoms with Crippen molar-refractivity contribution in [3.63, 3.8) is 0 Å². The monoisotopic (exact) mass is 345 g/mol. The summed E-state index contributed by atoms with van der Waals surface area (Å²) in [5.41, 5.74) is 0.982. The molecule has 2 aromatic heterocycles. The van der Waals surface area contributed by atoms with Crippen molar-refractivity contribution in [2.24, 2.45) is 0 Å². The summed E-state index contributed by atoms with van der Waals surface area (Å²) in [5.74, 6) is -2.22. The molecule has 0 unspecified atom stereocenters. The topological polar surface area (TPSA) is 89.6 Å². The van der Waals surface area contributed by atoms with Gasteiger partial charge in [-0.15, -0.1) is 0 Å². The van der Waals surface area contributed by atoms with Gasteiger partial charge in [0.25, 0.3) is 0 Å². The molecule has 2 N–H and O–H groups in total. The van der Waals surface area contributed by atoms with Gasteiger partial charge in [-0.25, -0.2) is 9.37 Å². The maximum atomic E-state index is 14.7. The molecule has 4 rings (SSSR count). The zero-order valence-electron chi connectivity index (χ0n) is 13.7. The minimum atomic E-state index is -0.966. The number of rotatable bonds is 3. The van der Waals surface area contributed by atoms with E-state index in [1.165, 1.54) is 13.2 Å². The van der Waals surface area contributed by atoms with Crippen LogP contribution in [-0.2, 0) is 10.3 Å². The Morgan fingerprint density at radius 1 is 1.32 bits per heavy atom. The molecular weight excluding hydrogens is 329 g/mol. The van der Waals surface area contributed by atoms with Crippen molar-refractivity contribution in [2.75, 3.05) is 20.3 Å². The van der Waals surface area contributed by atoms with Crippen LogP contribution < -0.4 is 4.74 Å². The molecule has 0 aliphatic carbocycles. The molecule has 0 bridgehead atoms. The molecule has 0 radical (unpaired) electrons. The SMILES string of the molecule is COc1cc(-c2nc3ccncc3n2C2(C)COC2)c(F)c(O)c1O. The lowest BCUT2D eigenvalue weighted by molar-refractivity contribution is -0.0868. The van der Waals surface area contributed by atoms with Crippen LogP contribution in [0, 0.1) is 5.82 Å². The second kappa shape index (κ2) is 5.32. The molecule has 8 heteroatoms. The third-order valence-corrected chi connectivity index (χ3v) is 4.46. The Bertz CT molecular complexity index is 982. The lowest BCUT2D eigenvalue weighted by Crippen LogP contribution is -2.49. The van der Waals surface area contributed by atoms with Gasteiger partial charge in [0.15, 0.2) is 17.3 Å². The lowest BCUT2D eigenvalue weighted by Gasteiger charge is -2.40. The third-order valence-electron chi connectivity index (χ3n) is 4.46. The number of nitrogens with zero attached hydrogens (tertiary/aromatic N) is 3. The predicted molar refractivity (Wildman–Crippen MR) is 87.3 cm³/mol. The third kappa shape index (κ3) is 2.14. The fourth-order valence-electron chi connectivity index (χ4n) is 3.11. The normalized spacial score (nSPS) is 16.0. The first-order chi connectivity index (χ1) is 12.0. The largest absolute Gasteiger partial charge is 0.502 e. The number of imidazole rings is 1. The van der Waals surface area contributed by atoms with Gasteiger partial charge in [0.05, 0.1) is 48.7 Å². The van der Waals surface area contributed by atoms with Crippen LogP contribution in [0.1, 0.15) is 6.92 Å². The van der Waals surface area contributed by atoms with E-state index in [1.807, 2.05) is 11.5 Å². The number of halogens is 1. The van der Waals surface area contributed by atoms with Crippen LogP contribution in [0.4, 0.5) is 4.39 Å². The summed E-state index contributed by atoms with van der Waals surface area (Å²) in [6.45, 7) is 2.87. The summed E-state index contributed by atoms with van der Waals surface area (Å²) in [6.07, 6.45) is 3.26. The molecule has 0 atom stereocenters. The second-order valence-corrected chi connectivity index (χ2v) is 6.26. The van der Waals surface area contributed by atoms with Gasteiger partial charge in [-0.3, -0.25) is 4.98 Å². The highest BCUT2D eigenvalue weighted by molar-refractivity contribution is 5.81. The lowest BCUT2D eigenvalue weighted by atomic mass is 9.99. The van der Waals surface area contributed by atoms with Crippen LogP contribution >= 0.6 is 0 Å². The van der Waals surface area contributed by atoms with E-state index in [2.05, 4.69) is 9.97 Å². The summed E-state index contributed by atoms with van der Waals surface area (Å²) in [6, 6.07) is 3.05. The van der Waals surface area contributed by atoms with Crippen molar-refractivity contribution < 1.29 is 24.1 Å². The minimum absolute atomic E-state index is 0.0245. The number of aromatic hydroxyl groups is 2. The highest BCUT2D eigenvalue weighted by Crippen LogP contribution is 2.44. The van der Waals surface area contributed by atoms with Crippen LogP contribution in [0.2, 0.25) is 0 Å². The number of hydrogen-bond donors (Lipinski definition) is 2. The van der Waals surface area contributed by atoms with Gasteiger partial charge in [-0.1, -0.05) is 0 Å². The summed E-state index contributed by atoms with van der Waals surface area (Å²) >= 11 is 0. The van der Waals surface area contributed by atoms with Gasteiger partial charge in [0.1, 0.15) is 5.82 Å². The van der Waals surface area contributed by atoms with E-state index < -0.39 is 22.9 Å². The molecule has 1 saturated heterocycles. The van der Waals surface area contributed by atoms with Crippen LogP contribution in [0.3, 0.4) is 0 Å². The van der Waals surface area contributed by atoms with Gasteiger partial charge < -0.3 is 24.3 Å². The van der Waals surface area contributed by atoms with Crippen molar-refractivity contribution in [3.8, 4) is 28.6 Å². The standard InChI is InChI=1S/C17H16FN3O4/c1-17(7-25-8-17)21-11-6-19-4-3-10(11)20-16(21)9-5-12(24-2)14(22)15(23)13(9)18/h3-6,22-23H,7-8H2,1-2H3. The summed E-state index contributed by atoms with van der Waals surface area (Å²) in [7, 11) is 1.32. The molecule has 0 amide bonds. The molecule has 1 aromatic carbocycles. The maximum Gasteiger partial charge on any atom is 0.203 e. The van der Waals surface area contributed by atoms with E-state index in [4.69, 9.17) is 9.47 Å². The molecular formula is C17H16FN3O4. The molecule has 3 aromatic rings. The molecule has 7 nitrogen and oxygen atoms in total. The van der Waals surface area contributed by atoms with Crippen LogP contribution in [0.5, 0.6) is 17.2 Å². The van der Waals surface area contributed by atoms with Crippen molar-refractivity contribution in [3.05, 3.63) is 30.3 Å². The smallest absolute Gasteiger partial charge is 0.203 e. The summed E-state index contributed by atoms with van der Waals surface area (Å²) < 4.78 is 26.9. The van der Waals surface area contributed by atoms with Crippen LogP contribution in [0.25, 0.3) is 22.4 Å². The van der Waals surface area contributed by atoms with E-state index in [0.29, 0.717) is 24.6 Å². The van der Waals surface area contributed by atoms with Gasteiger partial charge >= 0.3 is 0 Å². The second-order valence-electron chi connectivity index (χ2n) is 6.26. The molecule has 1 aliphatic heterocycles. The van der Waals surface area contributed by atoms with Crippen molar-refractivity contribution in [1.29, 1.82) is 0 Å². The Hall–Kier alpha value is -2.87. The van der Waals surface area contributed by atoms with Gasteiger partial charge in [0, 0.05) is 6.20 Å². The average Bonchev–Trinajstić information content (AvgIpc) is 2.97. The number of hydrogen-bond acceptors (Lipinski definition) is 6. The number of benzene rings is 1. The first kappa shape index (κ1) is 15.6. The Balaban J connectivity index is 2.05. The number of ether oxygens (including phenoxy) is 2. The number of methoxy groups -OCH3 is 1.